The molecule has 1 aliphatic rings. The lowest BCUT2D eigenvalue weighted by molar-refractivity contribution is -0.137. The molecule has 1 fully saturated rings. The average molecular weight is 329 g/mol. The van der Waals surface area contributed by atoms with E-state index in [0.29, 0.717) is 24.8 Å². The largest absolute Gasteiger partial charge is 0.417 e. The number of alkyl halides is 4. The van der Waals surface area contributed by atoms with Gasteiger partial charge in [0, 0.05) is 19.3 Å². The third-order valence-corrected chi connectivity index (χ3v) is 3.57. The SMILES string of the molecule is CC1CN(c2ncc(C(F)(F)F)cc2Cl)CC(CCl)O1. The molecule has 20 heavy (non-hydrogen) atoms. The summed E-state index contributed by atoms with van der Waals surface area (Å²) in [5.74, 6) is 0.629. The van der Waals surface area contributed by atoms with Crippen LogP contribution in [0.3, 0.4) is 0 Å². The van der Waals surface area contributed by atoms with E-state index < -0.39 is 11.7 Å². The van der Waals surface area contributed by atoms with E-state index in [1.54, 1.807) is 4.90 Å². The summed E-state index contributed by atoms with van der Waals surface area (Å²) in [5.41, 5.74) is -0.860. The summed E-state index contributed by atoms with van der Waals surface area (Å²) in [6.07, 6.45) is -3.95. The van der Waals surface area contributed by atoms with E-state index in [4.69, 9.17) is 27.9 Å². The predicted octanol–water partition coefficient (Wildman–Crippen LogP) is 3.59. The second-order valence-electron chi connectivity index (χ2n) is 4.66. The molecule has 2 rings (SSSR count). The Morgan fingerprint density at radius 3 is 2.70 bits per heavy atom. The number of morpholine rings is 1. The summed E-state index contributed by atoms with van der Waals surface area (Å²) in [7, 11) is 0. The second kappa shape index (κ2) is 5.95. The Labute approximate surface area is 124 Å². The zero-order chi connectivity index (χ0) is 14.9. The van der Waals surface area contributed by atoms with Crippen LogP contribution in [0.25, 0.3) is 0 Å². The molecule has 3 nitrogen and oxygen atoms in total. The van der Waals surface area contributed by atoms with Crippen molar-refractivity contribution in [1.29, 1.82) is 0 Å². The summed E-state index contributed by atoms with van der Waals surface area (Å²) >= 11 is 11.7. The quantitative estimate of drug-likeness (QED) is 0.776. The van der Waals surface area contributed by atoms with Crippen LogP contribution < -0.4 is 4.90 Å². The van der Waals surface area contributed by atoms with Crippen LogP contribution in [0.4, 0.5) is 19.0 Å². The highest BCUT2D eigenvalue weighted by Gasteiger charge is 2.33. The normalized spacial score (nSPS) is 24.0. The van der Waals surface area contributed by atoms with Crippen molar-refractivity contribution < 1.29 is 17.9 Å². The number of halogens is 5. The molecule has 1 aliphatic heterocycles. The van der Waals surface area contributed by atoms with E-state index in [1.165, 1.54) is 0 Å². The second-order valence-corrected chi connectivity index (χ2v) is 5.37. The maximum Gasteiger partial charge on any atom is 0.417 e. The van der Waals surface area contributed by atoms with E-state index >= 15 is 0 Å². The molecule has 0 saturated carbocycles. The minimum absolute atomic E-state index is 0.0257. The van der Waals surface area contributed by atoms with Crippen LogP contribution in [0.15, 0.2) is 12.3 Å². The molecule has 2 atom stereocenters. The first kappa shape index (κ1) is 15.7. The third-order valence-electron chi connectivity index (χ3n) is 2.95. The lowest BCUT2D eigenvalue weighted by Crippen LogP contribution is -2.47. The molecular formula is C12H13Cl2F3N2O. The van der Waals surface area contributed by atoms with Gasteiger partial charge in [-0.2, -0.15) is 13.2 Å². The van der Waals surface area contributed by atoms with Crippen LogP contribution in [0.1, 0.15) is 12.5 Å². The highest BCUT2D eigenvalue weighted by atomic mass is 35.5. The van der Waals surface area contributed by atoms with Gasteiger partial charge in [-0.1, -0.05) is 11.6 Å². The van der Waals surface area contributed by atoms with Gasteiger partial charge in [0.25, 0.3) is 0 Å². The van der Waals surface area contributed by atoms with E-state index in [0.717, 1.165) is 12.3 Å². The monoisotopic (exact) mass is 328 g/mol. The molecule has 1 aromatic rings. The number of anilines is 1. The maximum absolute atomic E-state index is 12.6. The fraction of sp³-hybridized carbons (Fsp3) is 0.583. The molecule has 0 aliphatic carbocycles. The lowest BCUT2D eigenvalue weighted by Gasteiger charge is -2.37. The molecule has 0 radical (unpaired) electrons. The van der Waals surface area contributed by atoms with Crippen molar-refractivity contribution in [1.82, 2.24) is 4.98 Å². The number of rotatable bonds is 2. The van der Waals surface area contributed by atoms with E-state index in [1.807, 2.05) is 6.92 Å². The van der Waals surface area contributed by atoms with Crippen LogP contribution >= 0.6 is 23.2 Å². The first-order chi connectivity index (χ1) is 9.31. The van der Waals surface area contributed by atoms with Crippen LogP contribution in [0.5, 0.6) is 0 Å². The molecule has 1 saturated heterocycles. The number of hydrogen-bond donors (Lipinski definition) is 0. The minimum atomic E-state index is -4.45. The van der Waals surface area contributed by atoms with Gasteiger partial charge < -0.3 is 9.64 Å². The van der Waals surface area contributed by atoms with Gasteiger partial charge in [0.2, 0.25) is 0 Å². The maximum atomic E-state index is 12.6. The van der Waals surface area contributed by atoms with Crippen molar-refractivity contribution in [3.8, 4) is 0 Å². The van der Waals surface area contributed by atoms with E-state index in [2.05, 4.69) is 4.98 Å². The zero-order valence-electron chi connectivity index (χ0n) is 10.6. The minimum Gasteiger partial charge on any atom is -0.370 e. The van der Waals surface area contributed by atoms with Gasteiger partial charge in [-0.3, -0.25) is 0 Å². The summed E-state index contributed by atoms with van der Waals surface area (Å²) in [6, 6.07) is 0.889. The molecule has 2 unspecified atom stereocenters. The number of aromatic nitrogens is 1. The Bertz CT molecular complexity index is 484. The smallest absolute Gasteiger partial charge is 0.370 e. The van der Waals surface area contributed by atoms with E-state index in [9.17, 15) is 13.2 Å². The van der Waals surface area contributed by atoms with Crippen molar-refractivity contribution in [2.45, 2.75) is 25.3 Å². The van der Waals surface area contributed by atoms with E-state index in [-0.39, 0.29) is 17.2 Å². The van der Waals surface area contributed by atoms with Crippen LogP contribution in [-0.2, 0) is 10.9 Å². The van der Waals surface area contributed by atoms with Crippen LogP contribution in [0.2, 0.25) is 5.02 Å². The van der Waals surface area contributed by atoms with Crippen LogP contribution in [-0.4, -0.2) is 36.2 Å². The van der Waals surface area contributed by atoms with Gasteiger partial charge >= 0.3 is 6.18 Å². The molecule has 0 amide bonds. The standard InChI is InChI=1S/C12H13Cl2F3N2O/c1-7-5-19(6-9(3-13)20-7)11-10(14)2-8(4-18-11)12(15,16)17/h2,4,7,9H,3,5-6H2,1H3. The highest BCUT2D eigenvalue weighted by Crippen LogP contribution is 2.34. The molecule has 0 spiro atoms. The summed E-state index contributed by atoms with van der Waals surface area (Å²) in [6.45, 7) is 2.82. The Balaban J connectivity index is 2.24. The Morgan fingerprint density at radius 1 is 1.45 bits per heavy atom. The fourth-order valence-corrected chi connectivity index (χ4v) is 2.58. The average Bonchev–Trinajstić information content (AvgIpc) is 2.36. The molecular weight excluding hydrogens is 316 g/mol. The Morgan fingerprint density at radius 2 is 2.15 bits per heavy atom. The van der Waals surface area contributed by atoms with Crippen molar-refractivity contribution in [2.24, 2.45) is 0 Å². The third kappa shape index (κ3) is 3.48. The first-order valence-electron chi connectivity index (χ1n) is 6.00. The molecule has 0 N–H and O–H groups in total. The molecule has 112 valence electrons. The first-order valence-corrected chi connectivity index (χ1v) is 6.91. The number of ether oxygens (including phenoxy) is 1. The number of hydrogen-bond acceptors (Lipinski definition) is 3. The van der Waals surface area contributed by atoms with Gasteiger partial charge in [-0.15, -0.1) is 11.6 Å². The highest BCUT2D eigenvalue weighted by molar-refractivity contribution is 6.33. The van der Waals surface area contributed by atoms with Gasteiger partial charge in [0.15, 0.2) is 0 Å². The predicted molar refractivity (Wildman–Crippen MR) is 71.5 cm³/mol. The summed E-state index contributed by atoms with van der Waals surface area (Å²) in [4.78, 5) is 5.64. The van der Waals surface area contributed by atoms with Gasteiger partial charge in [0.05, 0.1) is 28.7 Å². The Kier molecular flexibility index (Phi) is 4.66. The molecule has 0 bridgehead atoms. The van der Waals surface area contributed by atoms with Crippen LogP contribution in [0, 0.1) is 0 Å². The van der Waals surface area contributed by atoms with Crippen molar-refractivity contribution in [3.63, 3.8) is 0 Å². The van der Waals surface area contributed by atoms with Gasteiger partial charge in [-0.05, 0) is 13.0 Å². The Hall–Kier alpha value is -0.720. The number of nitrogens with zero attached hydrogens (tertiary/aromatic N) is 2. The fourth-order valence-electron chi connectivity index (χ4n) is 2.12. The zero-order valence-corrected chi connectivity index (χ0v) is 12.1. The van der Waals surface area contributed by atoms with Gasteiger partial charge in [0.1, 0.15) is 5.82 Å². The molecule has 8 heteroatoms. The molecule has 0 aromatic carbocycles. The van der Waals surface area contributed by atoms with Crippen molar-refractivity contribution in [3.05, 3.63) is 22.8 Å². The molecule has 1 aromatic heterocycles. The van der Waals surface area contributed by atoms with Gasteiger partial charge in [-0.25, -0.2) is 4.98 Å². The van der Waals surface area contributed by atoms with Crippen molar-refractivity contribution >= 4 is 29.0 Å². The number of pyridine rings is 1. The summed E-state index contributed by atoms with van der Waals surface area (Å²) in [5, 5.41) is -0.0257. The topological polar surface area (TPSA) is 25.4 Å². The molecule has 2 heterocycles. The summed E-state index contributed by atoms with van der Waals surface area (Å²) < 4.78 is 43.3. The lowest BCUT2D eigenvalue weighted by atomic mass is 10.2. The van der Waals surface area contributed by atoms with Crippen molar-refractivity contribution in [2.75, 3.05) is 23.9 Å².